The van der Waals surface area contributed by atoms with Gasteiger partial charge in [0.2, 0.25) is 5.79 Å². The van der Waals surface area contributed by atoms with Gasteiger partial charge in [0.1, 0.15) is 30.1 Å². The summed E-state index contributed by atoms with van der Waals surface area (Å²) in [7, 11) is 4.58. The third-order valence-corrected chi connectivity index (χ3v) is 13.6. The average molecular weight is 858 g/mol. The number of methoxy groups -OCH3 is 3. The van der Waals surface area contributed by atoms with Crippen LogP contribution in [0.1, 0.15) is 131 Å². The summed E-state index contributed by atoms with van der Waals surface area (Å²) in [6.45, 7) is 11.4. The number of hydrogen-bond acceptors (Lipinski definition) is 12. The van der Waals surface area contributed by atoms with Gasteiger partial charge in [-0.1, -0.05) is 70.4 Å². The second-order valence-electron chi connectivity index (χ2n) is 18.4. The van der Waals surface area contributed by atoms with Gasteiger partial charge in [-0.2, -0.15) is 0 Å². The van der Waals surface area contributed by atoms with Crippen molar-refractivity contribution in [3.8, 4) is 0 Å². The SMILES string of the molecule is CCCC/C=C/C[C@@H]1/C=C(\C)C[C@H](C)C[C@H](OC)[C@H]2O[C@@](O)(C(=O)C(=O)N3CCCC[C@H]3C(=O)O[C@H](/C(C)=C/[C@@H]3CCC(=O)[C@H](OC)C3)[C@H](C)[C@@H](O)CC1=O)[C@H](C)C[C@@H]2OC. The van der Waals surface area contributed by atoms with Gasteiger partial charge in [0.05, 0.1) is 18.3 Å². The van der Waals surface area contributed by atoms with Crippen molar-refractivity contribution in [1.82, 2.24) is 4.90 Å². The minimum Gasteiger partial charge on any atom is -0.456 e. The molecule has 0 aromatic carbocycles. The molecular weight excluding hydrogens is 783 g/mol. The molecule has 61 heavy (non-hydrogen) atoms. The molecule has 1 aliphatic carbocycles. The maximum atomic E-state index is 14.4. The summed E-state index contributed by atoms with van der Waals surface area (Å²) in [5.41, 5.74) is 1.62. The summed E-state index contributed by atoms with van der Waals surface area (Å²) >= 11 is 0. The van der Waals surface area contributed by atoms with Crippen LogP contribution >= 0.6 is 0 Å². The fourth-order valence-corrected chi connectivity index (χ4v) is 9.77. The summed E-state index contributed by atoms with van der Waals surface area (Å²) in [5, 5.41) is 24.0. The van der Waals surface area contributed by atoms with Crippen LogP contribution in [0, 0.1) is 29.6 Å². The molecular formula is C48H75NO12. The number of piperidine rings is 1. The number of nitrogens with zero attached hydrogens (tertiary/aromatic N) is 1. The normalized spacial score (nSPS) is 38.1. The second kappa shape index (κ2) is 23.6. The van der Waals surface area contributed by atoms with Gasteiger partial charge < -0.3 is 38.8 Å². The fraction of sp³-hybridized carbons (Fsp3) is 0.771. The van der Waals surface area contributed by atoms with E-state index in [4.69, 9.17) is 23.7 Å². The molecule has 1 amide bonds. The number of Topliss-reactive ketones (excluding diaryl/α,β-unsaturated/α-hetero) is 3. The highest BCUT2D eigenvalue weighted by molar-refractivity contribution is 6.39. The Morgan fingerprint density at radius 3 is 2.31 bits per heavy atom. The van der Waals surface area contributed by atoms with E-state index in [-0.39, 0.29) is 49.2 Å². The number of amides is 1. The maximum absolute atomic E-state index is 14.4. The van der Waals surface area contributed by atoms with Gasteiger partial charge in [0, 0.05) is 58.5 Å². The predicted octanol–water partition coefficient (Wildman–Crippen LogP) is 6.41. The standard InChI is InChI=1S/C48H75NO12/c1-10-11-12-13-14-17-35-23-29(2)22-30(3)24-41(58-8)44-42(59-9)26-32(5)48(56,61-44)45(53)46(54)49-21-16-15-18-36(49)47(55)60-43(33(6)38(51)28-39(35)52)31(4)25-34-19-20-37(50)40(27-34)57-7/h13-14,23,25,30,32-36,38,40-44,51,56H,10-12,15-22,24,26-28H2,1-9H3/b14-13+,29-23+,31-25+/t30-,32+,33+,34-,35+,36-,38-,40+,41-,42-,43+,44+,48+/m0/s1. The van der Waals surface area contributed by atoms with E-state index in [1.165, 1.54) is 26.2 Å². The lowest BCUT2D eigenvalue weighted by atomic mass is 9.82. The molecule has 344 valence electrons. The molecule has 0 radical (unpaired) electrons. The van der Waals surface area contributed by atoms with Gasteiger partial charge in [-0.3, -0.25) is 19.2 Å². The fourth-order valence-electron chi connectivity index (χ4n) is 9.77. The largest absolute Gasteiger partial charge is 0.456 e. The van der Waals surface area contributed by atoms with Crippen LogP contribution < -0.4 is 0 Å². The third-order valence-electron chi connectivity index (χ3n) is 13.6. The number of cyclic esters (lactones) is 1. The number of unbranched alkanes of at least 4 members (excludes halogenated alkanes) is 2. The van der Waals surface area contributed by atoms with Crippen LogP contribution in [-0.4, -0.2) is 121 Å². The highest BCUT2D eigenvalue weighted by atomic mass is 16.7. The molecule has 3 aliphatic heterocycles. The zero-order valence-electron chi connectivity index (χ0n) is 38.3. The zero-order chi connectivity index (χ0) is 45.0. The van der Waals surface area contributed by atoms with Crippen molar-refractivity contribution in [3.63, 3.8) is 0 Å². The monoisotopic (exact) mass is 858 g/mol. The van der Waals surface area contributed by atoms with Gasteiger partial charge in [-0.25, -0.2) is 4.79 Å². The molecule has 13 atom stereocenters. The quantitative estimate of drug-likeness (QED) is 0.107. The van der Waals surface area contributed by atoms with Crippen molar-refractivity contribution in [2.75, 3.05) is 27.9 Å². The number of carbonyl (C=O) groups is 5. The molecule has 4 rings (SSSR count). The molecule has 3 fully saturated rings. The van der Waals surface area contributed by atoms with Gasteiger partial charge in [0.25, 0.3) is 11.7 Å². The Morgan fingerprint density at radius 2 is 1.64 bits per heavy atom. The molecule has 3 heterocycles. The topological polar surface area (TPSA) is 175 Å². The molecule has 2 saturated heterocycles. The number of rotatable bonds is 10. The predicted molar refractivity (Wildman–Crippen MR) is 230 cm³/mol. The Kier molecular flexibility index (Phi) is 19.5. The number of ketones is 3. The second-order valence-corrected chi connectivity index (χ2v) is 18.4. The number of aliphatic hydroxyl groups is 2. The van der Waals surface area contributed by atoms with Gasteiger partial charge in [-0.15, -0.1) is 0 Å². The van der Waals surface area contributed by atoms with Gasteiger partial charge in [0.15, 0.2) is 5.78 Å². The third kappa shape index (κ3) is 13.0. The van der Waals surface area contributed by atoms with Crippen LogP contribution in [0.5, 0.6) is 0 Å². The smallest absolute Gasteiger partial charge is 0.329 e. The number of aliphatic hydroxyl groups excluding tert-OH is 1. The minimum atomic E-state index is -2.52. The lowest BCUT2D eigenvalue weighted by Gasteiger charge is -2.47. The Bertz CT molecular complexity index is 1610. The van der Waals surface area contributed by atoms with E-state index in [0.29, 0.717) is 56.9 Å². The number of hydrogen-bond donors (Lipinski definition) is 2. The first kappa shape index (κ1) is 50.6. The first-order chi connectivity index (χ1) is 29.0. The van der Waals surface area contributed by atoms with Crippen LogP contribution in [0.2, 0.25) is 0 Å². The summed E-state index contributed by atoms with van der Waals surface area (Å²) in [5.74, 6) is -7.75. The molecule has 1 saturated carbocycles. The van der Waals surface area contributed by atoms with Gasteiger partial charge >= 0.3 is 5.97 Å². The zero-order valence-corrected chi connectivity index (χ0v) is 38.3. The van der Waals surface area contributed by atoms with Crippen molar-refractivity contribution in [2.45, 2.75) is 180 Å². The minimum absolute atomic E-state index is 0.0110. The molecule has 0 unspecified atom stereocenters. The molecule has 0 aromatic heterocycles. The first-order valence-electron chi connectivity index (χ1n) is 22.8. The summed E-state index contributed by atoms with van der Waals surface area (Å²) in [6.07, 6.45) is 10.5. The first-order valence-corrected chi connectivity index (χ1v) is 22.8. The van der Waals surface area contributed by atoms with Crippen molar-refractivity contribution >= 4 is 29.2 Å². The molecule has 2 bridgehead atoms. The Labute approximate surface area is 364 Å². The summed E-state index contributed by atoms with van der Waals surface area (Å²) < 4.78 is 29.8. The maximum Gasteiger partial charge on any atom is 0.329 e. The molecule has 4 aliphatic rings. The van der Waals surface area contributed by atoms with E-state index in [1.54, 1.807) is 13.8 Å². The highest BCUT2D eigenvalue weighted by Crippen LogP contribution is 2.39. The van der Waals surface area contributed by atoms with E-state index in [9.17, 15) is 34.2 Å². The summed E-state index contributed by atoms with van der Waals surface area (Å²) in [4.78, 5) is 70.9. The molecule has 2 N–H and O–H groups in total. The van der Waals surface area contributed by atoms with Crippen LogP contribution in [0.3, 0.4) is 0 Å². The lowest BCUT2D eigenvalue weighted by molar-refractivity contribution is -0.302. The van der Waals surface area contributed by atoms with E-state index in [1.807, 2.05) is 32.1 Å². The van der Waals surface area contributed by atoms with E-state index in [0.717, 1.165) is 24.8 Å². The number of carbonyl (C=O) groups excluding carboxylic acids is 5. The van der Waals surface area contributed by atoms with E-state index in [2.05, 4.69) is 19.9 Å². The van der Waals surface area contributed by atoms with Crippen molar-refractivity contribution in [1.29, 1.82) is 0 Å². The van der Waals surface area contributed by atoms with E-state index >= 15 is 0 Å². The van der Waals surface area contributed by atoms with Crippen LogP contribution in [0.25, 0.3) is 0 Å². The Morgan fingerprint density at radius 1 is 0.934 bits per heavy atom. The van der Waals surface area contributed by atoms with E-state index < -0.39 is 83.9 Å². The van der Waals surface area contributed by atoms with Crippen LogP contribution in [0.4, 0.5) is 0 Å². The number of allylic oxidation sites excluding steroid dienone is 5. The van der Waals surface area contributed by atoms with Crippen LogP contribution in [0.15, 0.2) is 35.5 Å². The lowest BCUT2D eigenvalue weighted by Crippen LogP contribution is -2.64. The number of fused-ring (bicyclic) bond motifs is 3. The van der Waals surface area contributed by atoms with Crippen molar-refractivity contribution in [2.24, 2.45) is 29.6 Å². The Hall–Kier alpha value is -3.07. The average Bonchev–Trinajstić information content (AvgIpc) is 3.24. The van der Waals surface area contributed by atoms with Crippen LogP contribution in [-0.2, 0) is 47.7 Å². The molecule has 0 aromatic rings. The number of esters is 1. The van der Waals surface area contributed by atoms with Crippen molar-refractivity contribution in [3.05, 3.63) is 35.5 Å². The molecule has 13 nitrogen and oxygen atoms in total. The molecule has 13 heteroatoms. The number of ether oxygens (including phenoxy) is 5. The summed E-state index contributed by atoms with van der Waals surface area (Å²) in [6, 6.07) is -1.15. The highest BCUT2D eigenvalue weighted by Gasteiger charge is 2.56. The van der Waals surface area contributed by atoms with Crippen molar-refractivity contribution < 1.29 is 57.9 Å². The van der Waals surface area contributed by atoms with Gasteiger partial charge in [-0.05, 0) is 95.5 Å². The molecule has 0 spiro atoms. The Balaban J connectivity index is 1.79.